The molecule has 3 aliphatic rings. The second kappa shape index (κ2) is 8.83. The molecule has 1 spiro atoms. The third kappa shape index (κ3) is 4.51. The number of benzene rings is 2. The number of thioether (sulfide) groups is 1. The van der Waals surface area contributed by atoms with Crippen LogP contribution in [-0.4, -0.2) is 35.6 Å². The van der Waals surface area contributed by atoms with Gasteiger partial charge in [-0.3, -0.25) is 4.79 Å². The van der Waals surface area contributed by atoms with Crippen molar-refractivity contribution in [3.63, 3.8) is 0 Å². The van der Waals surface area contributed by atoms with Gasteiger partial charge in [-0.1, -0.05) is 42.8 Å². The largest absolute Gasteiger partial charge is 0.486 e. The smallest absolute Gasteiger partial charge is 0.234 e. The molecule has 7 heteroatoms. The number of fused-ring (bicyclic) bond motifs is 2. The number of nitrogens with one attached hydrogen (secondary N) is 2. The van der Waals surface area contributed by atoms with Crippen molar-refractivity contribution in [2.24, 2.45) is 4.99 Å². The maximum absolute atomic E-state index is 12.7. The average Bonchev–Trinajstić information content (AvgIpc) is 3.02. The zero-order chi connectivity index (χ0) is 21.1. The summed E-state index contributed by atoms with van der Waals surface area (Å²) in [6.07, 6.45) is 6.97. The summed E-state index contributed by atoms with van der Waals surface area (Å²) in [4.78, 5) is 17.8. The number of amides is 1. The molecule has 162 valence electrons. The summed E-state index contributed by atoms with van der Waals surface area (Å²) < 4.78 is 11.1. The summed E-state index contributed by atoms with van der Waals surface area (Å²) >= 11 is 1.51. The van der Waals surface area contributed by atoms with E-state index in [1.165, 1.54) is 37.4 Å². The van der Waals surface area contributed by atoms with Gasteiger partial charge in [0.2, 0.25) is 5.91 Å². The van der Waals surface area contributed by atoms with E-state index in [9.17, 15) is 4.79 Å². The number of aliphatic imine (C=N–C) groups is 1. The molecule has 0 bridgehead atoms. The zero-order valence-electron chi connectivity index (χ0n) is 17.5. The molecule has 1 saturated carbocycles. The molecule has 2 aliphatic heterocycles. The van der Waals surface area contributed by atoms with Gasteiger partial charge in [0, 0.05) is 23.0 Å². The normalized spacial score (nSPS) is 18.9. The highest BCUT2D eigenvalue weighted by Gasteiger charge is 2.35. The number of anilines is 2. The van der Waals surface area contributed by atoms with Gasteiger partial charge in [-0.15, -0.1) is 0 Å². The molecule has 6 nitrogen and oxygen atoms in total. The van der Waals surface area contributed by atoms with E-state index in [4.69, 9.17) is 14.5 Å². The van der Waals surface area contributed by atoms with E-state index in [0.29, 0.717) is 36.2 Å². The van der Waals surface area contributed by atoms with E-state index in [2.05, 4.69) is 28.8 Å². The van der Waals surface area contributed by atoms with Crippen LogP contribution in [0, 0.1) is 0 Å². The number of hydrogen-bond donors (Lipinski definition) is 2. The van der Waals surface area contributed by atoms with Gasteiger partial charge < -0.3 is 20.1 Å². The Labute approximate surface area is 186 Å². The molecule has 2 heterocycles. The molecule has 5 rings (SSSR count). The Morgan fingerprint density at radius 2 is 1.81 bits per heavy atom. The molecule has 0 radical (unpaired) electrons. The summed E-state index contributed by atoms with van der Waals surface area (Å²) in [5.41, 5.74) is 2.67. The topological polar surface area (TPSA) is 72.0 Å². The van der Waals surface area contributed by atoms with E-state index in [-0.39, 0.29) is 11.6 Å². The van der Waals surface area contributed by atoms with Crippen molar-refractivity contribution in [2.75, 3.05) is 29.6 Å². The summed E-state index contributed by atoms with van der Waals surface area (Å²) in [7, 11) is 0. The fourth-order valence-electron chi connectivity index (χ4n) is 4.42. The van der Waals surface area contributed by atoms with Crippen molar-refractivity contribution in [1.29, 1.82) is 0 Å². The van der Waals surface area contributed by atoms with Crippen molar-refractivity contribution in [3.8, 4) is 11.5 Å². The Kier molecular flexibility index (Phi) is 5.76. The van der Waals surface area contributed by atoms with Crippen LogP contribution in [0.25, 0.3) is 0 Å². The molecule has 2 aromatic rings. The van der Waals surface area contributed by atoms with Crippen LogP contribution in [0.5, 0.6) is 11.5 Å². The summed E-state index contributed by atoms with van der Waals surface area (Å²) in [5.74, 6) is 1.63. The molecule has 31 heavy (non-hydrogen) atoms. The van der Waals surface area contributed by atoms with E-state index in [1.54, 1.807) is 0 Å². The molecule has 0 atom stereocenters. The number of rotatable bonds is 3. The van der Waals surface area contributed by atoms with Crippen LogP contribution in [-0.2, 0) is 4.79 Å². The average molecular weight is 438 g/mol. The van der Waals surface area contributed by atoms with Gasteiger partial charge in [0.1, 0.15) is 23.9 Å². The molecule has 0 unspecified atom stereocenters. The van der Waals surface area contributed by atoms with Gasteiger partial charge in [-0.05, 0) is 43.9 Å². The van der Waals surface area contributed by atoms with E-state index in [1.807, 2.05) is 24.3 Å². The van der Waals surface area contributed by atoms with E-state index in [0.717, 1.165) is 29.1 Å². The number of carbonyl (C=O) groups is 1. The lowest BCUT2D eigenvalue weighted by Gasteiger charge is -2.36. The van der Waals surface area contributed by atoms with Crippen LogP contribution < -0.4 is 20.1 Å². The SMILES string of the molecule is O=C(CSC1=NC2(CCCCCC2)Nc2ccccc21)Nc1ccc2c(c1)OCCO2. The minimum absolute atomic E-state index is 0.0599. The molecular weight excluding hydrogens is 410 g/mol. The van der Waals surface area contributed by atoms with Crippen molar-refractivity contribution >= 4 is 34.1 Å². The maximum Gasteiger partial charge on any atom is 0.234 e. The first-order valence-corrected chi connectivity index (χ1v) is 12.0. The monoisotopic (exact) mass is 437 g/mol. The second-order valence-electron chi connectivity index (χ2n) is 8.23. The van der Waals surface area contributed by atoms with Gasteiger partial charge in [-0.25, -0.2) is 4.99 Å². The van der Waals surface area contributed by atoms with Crippen molar-refractivity contribution in [3.05, 3.63) is 48.0 Å². The first-order chi connectivity index (χ1) is 15.2. The minimum Gasteiger partial charge on any atom is -0.486 e. The van der Waals surface area contributed by atoms with Gasteiger partial charge in [0.15, 0.2) is 11.5 Å². The first kappa shape index (κ1) is 20.2. The van der Waals surface area contributed by atoms with E-state index >= 15 is 0 Å². The Morgan fingerprint density at radius 3 is 2.65 bits per heavy atom. The van der Waals surface area contributed by atoms with Crippen LogP contribution in [0.15, 0.2) is 47.5 Å². The van der Waals surface area contributed by atoms with Gasteiger partial charge >= 0.3 is 0 Å². The van der Waals surface area contributed by atoms with Gasteiger partial charge in [-0.2, -0.15) is 0 Å². The predicted octanol–water partition coefficient (Wildman–Crippen LogP) is 5.05. The Hall–Kier alpha value is -2.67. The molecule has 0 saturated heterocycles. The lowest BCUT2D eigenvalue weighted by molar-refractivity contribution is -0.113. The third-order valence-corrected chi connectivity index (χ3v) is 6.93. The highest BCUT2D eigenvalue weighted by atomic mass is 32.2. The highest BCUT2D eigenvalue weighted by molar-refractivity contribution is 8.15. The predicted molar refractivity (Wildman–Crippen MR) is 126 cm³/mol. The Morgan fingerprint density at radius 1 is 1.03 bits per heavy atom. The Balaban J connectivity index is 1.29. The fraction of sp³-hybridized carbons (Fsp3) is 0.417. The third-order valence-electron chi connectivity index (χ3n) is 5.94. The number of hydrogen-bond acceptors (Lipinski definition) is 6. The first-order valence-electron chi connectivity index (χ1n) is 11.0. The molecule has 1 amide bonds. The van der Waals surface area contributed by atoms with Crippen LogP contribution in [0.1, 0.15) is 44.1 Å². The van der Waals surface area contributed by atoms with Crippen LogP contribution in [0.4, 0.5) is 11.4 Å². The number of para-hydroxylation sites is 1. The van der Waals surface area contributed by atoms with Crippen molar-refractivity contribution < 1.29 is 14.3 Å². The van der Waals surface area contributed by atoms with Gasteiger partial charge in [0.05, 0.1) is 5.75 Å². The Bertz CT molecular complexity index is 999. The van der Waals surface area contributed by atoms with Gasteiger partial charge in [0.25, 0.3) is 0 Å². The van der Waals surface area contributed by atoms with E-state index < -0.39 is 0 Å². The number of nitrogens with zero attached hydrogens (tertiary/aromatic N) is 1. The molecule has 1 fully saturated rings. The lowest BCUT2D eigenvalue weighted by Crippen LogP contribution is -2.40. The summed E-state index contributed by atoms with van der Waals surface area (Å²) in [6, 6.07) is 13.8. The van der Waals surface area contributed by atoms with Crippen LogP contribution >= 0.6 is 11.8 Å². The minimum atomic E-state index is -0.237. The fourth-order valence-corrected chi connectivity index (χ4v) is 5.34. The lowest BCUT2D eigenvalue weighted by atomic mass is 9.97. The highest BCUT2D eigenvalue weighted by Crippen LogP contribution is 2.39. The molecule has 2 aromatic carbocycles. The summed E-state index contributed by atoms with van der Waals surface area (Å²) in [6.45, 7) is 1.07. The standard InChI is InChI=1S/C24H27N3O3S/c28-22(25-17-9-10-20-21(15-17)30-14-13-29-20)16-31-23-18-7-3-4-8-19(18)26-24(27-23)11-5-1-2-6-12-24/h3-4,7-10,15,26H,1-2,5-6,11-14,16H2,(H,25,28). The van der Waals surface area contributed by atoms with Crippen LogP contribution in [0.3, 0.4) is 0 Å². The molecule has 2 N–H and O–H groups in total. The second-order valence-corrected chi connectivity index (χ2v) is 9.19. The molecule has 1 aliphatic carbocycles. The molecular formula is C24H27N3O3S. The number of carbonyl (C=O) groups excluding carboxylic acids is 1. The summed E-state index contributed by atoms with van der Waals surface area (Å²) in [5, 5.41) is 7.63. The van der Waals surface area contributed by atoms with Crippen molar-refractivity contribution in [1.82, 2.24) is 0 Å². The quantitative estimate of drug-likeness (QED) is 0.703. The maximum atomic E-state index is 12.7. The van der Waals surface area contributed by atoms with Crippen molar-refractivity contribution in [2.45, 2.75) is 44.2 Å². The number of ether oxygens (including phenoxy) is 2. The molecule has 0 aromatic heterocycles. The van der Waals surface area contributed by atoms with Crippen LogP contribution in [0.2, 0.25) is 0 Å². The zero-order valence-corrected chi connectivity index (χ0v) is 18.3.